The van der Waals surface area contributed by atoms with Crippen molar-refractivity contribution in [2.45, 2.75) is 49.5 Å². The Morgan fingerprint density at radius 3 is 2.46 bits per heavy atom. The Balaban J connectivity index is 1.66. The fourth-order valence-corrected chi connectivity index (χ4v) is 5.88. The molecule has 8 heteroatoms. The zero-order chi connectivity index (χ0) is 19.6. The van der Waals surface area contributed by atoms with Crippen LogP contribution in [-0.4, -0.2) is 53.4 Å². The molecule has 3 heterocycles. The summed E-state index contributed by atoms with van der Waals surface area (Å²) in [5, 5.41) is 7.05. The van der Waals surface area contributed by atoms with Gasteiger partial charge >= 0.3 is 0 Å². The van der Waals surface area contributed by atoms with E-state index in [9.17, 15) is 13.2 Å². The molecule has 7 nitrogen and oxygen atoms in total. The highest BCUT2D eigenvalue weighted by molar-refractivity contribution is 7.89. The Morgan fingerprint density at radius 1 is 1.00 bits per heavy atom. The van der Waals surface area contributed by atoms with Crippen LogP contribution in [0, 0.1) is 0 Å². The molecule has 4 rings (SSSR count). The Morgan fingerprint density at radius 2 is 1.71 bits per heavy atom. The lowest BCUT2D eigenvalue weighted by Crippen LogP contribution is -2.40. The molecule has 2 aromatic rings. The number of benzene rings is 1. The monoisotopic (exact) mass is 402 g/mol. The maximum absolute atomic E-state index is 13.3. The van der Waals surface area contributed by atoms with E-state index in [1.165, 1.54) is 4.31 Å². The van der Waals surface area contributed by atoms with Crippen molar-refractivity contribution < 1.29 is 13.2 Å². The van der Waals surface area contributed by atoms with Gasteiger partial charge in [0.15, 0.2) is 0 Å². The highest BCUT2D eigenvalue weighted by atomic mass is 32.2. The number of nitrogens with zero attached hydrogens (tertiary/aromatic N) is 3. The van der Waals surface area contributed by atoms with Crippen LogP contribution in [0.1, 0.15) is 60.6 Å². The van der Waals surface area contributed by atoms with Gasteiger partial charge in [-0.15, -0.1) is 0 Å². The number of aromatic amines is 1. The molecule has 0 unspecified atom stereocenters. The fourth-order valence-electron chi connectivity index (χ4n) is 4.20. The van der Waals surface area contributed by atoms with E-state index < -0.39 is 16.1 Å². The van der Waals surface area contributed by atoms with Crippen LogP contribution in [0.3, 0.4) is 0 Å². The number of aromatic nitrogens is 2. The molecule has 2 saturated heterocycles. The molecule has 1 amide bonds. The van der Waals surface area contributed by atoms with Crippen molar-refractivity contribution in [3.63, 3.8) is 0 Å². The second-order valence-corrected chi connectivity index (χ2v) is 9.38. The molecule has 0 aliphatic carbocycles. The van der Waals surface area contributed by atoms with E-state index in [1.807, 2.05) is 4.90 Å². The predicted octanol–water partition coefficient (Wildman–Crippen LogP) is 2.95. The molecule has 0 bridgehead atoms. The van der Waals surface area contributed by atoms with Crippen molar-refractivity contribution in [3.05, 3.63) is 47.8 Å². The minimum absolute atomic E-state index is 0.0499. The number of hydrogen-bond acceptors (Lipinski definition) is 4. The highest BCUT2D eigenvalue weighted by Crippen LogP contribution is 2.36. The Hall–Kier alpha value is -2.19. The van der Waals surface area contributed by atoms with Crippen molar-refractivity contribution in [3.8, 4) is 0 Å². The van der Waals surface area contributed by atoms with Crippen LogP contribution < -0.4 is 0 Å². The summed E-state index contributed by atoms with van der Waals surface area (Å²) < 4.78 is 28.1. The normalized spacial score (nSPS) is 21.6. The Kier molecular flexibility index (Phi) is 5.50. The van der Waals surface area contributed by atoms with E-state index in [-0.39, 0.29) is 10.8 Å². The van der Waals surface area contributed by atoms with Gasteiger partial charge < -0.3 is 4.90 Å². The highest BCUT2D eigenvalue weighted by Gasteiger charge is 2.37. The number of likely N-dealkylation sites (tertiary alicyclic amines) is 1. The molecule has 28 heavy (non-hydrogen) atoms. The third-order valence-electron chi connectivity index (χ3n) is 5.68. The third-order valence-corrected chi connectivity index (χ3v) is 7.60. The maximum Gasteiger partial charge on any atom is 0.257 e. The molecule has 1 aromatic heterocycles. The quantitative estimate of drug-likeness (QED) is 0.852. The van der Waals surface area contributed by atoms with Gasteiger partial charge in [-0.3, -0.25) is 9.89 Å². The van der Waals surface area contributed by atoms with Crippen LogP contribution in [0.2, 0.25) is 0 Å². The number of carbonyl (C=O) groups excluding carboxylic acids is 1. The van der Waals surface area contributed by atoms with Gasteiger partial charge in [-0.05, 0) is 44.2 Å². The zero-order valence-electron chi connectivity index (χ0n) is 15.9. The largest absolute Gasteiger partial charge is 0.339 e. The molecule has 150 valence electrons. The van der Waals surface area contributed by atoms with Crippen molar-refractivity contribution >= 4 is 15.9 Å². The minimum Gasteiger partial charge on any atom is -0.339 e. The molecular formula is C20H26N4O3S. The third kappa shape index (κ3) is 3.58. The fraction of sp³-hybridized carbons (Fsp3) is 0.500. The average molecular weight is 403 g/mol. The van der Waals surface area contributed by atoms with E-state index >= 15 is 0 Å². The van der Waals surface area contributed by atoms with Crippen molar-refractivity contribution in [1.29, 1.82) is 0 Å². The first-order valence-corrected chi connectivity index (χ1v) is 11.4. The number of amides is 1. The lowest BCUT2D eigenvalue weighted by atomic mass is 9.98. The molecule has 0 saturated carbocycles. The van der Waals surface area contributed by atoms with Crippen LogP contribution in [0.4, 0.5) is 0 Å². The molecular weight excluding hydrogens is 376 g/mol. The lowest BCUT2D eigenvalue weighted by Gasteiger charge is -2.35. The number of carbonyl (C=O) groups is 1. The van der Waals surface area contributed by atoms with Crippen LogP contribution in [0.15, 0.2) is 41.4 Å². The summed E-state index contributed by atoms with van der Waals surface area (Å²) in [5.74, 6) is -0.0499. The summed E-state index contributed by atoms with van der Waals surface area (Å²) >= 11 is 0. The van der Waals surface area contributed by atoms with Crippen LogP contribution in [0.5, 0.6) is 0 Å². The lowest BCUT2D eigenvalue weighted by molar-refractivity contribution is 0.0720. The van der Waals surface area contributed by atoms with Crippen LogP contribution in [-0.2, 0) is 10.0 Å². The zero-order valence-corrected chi connectivity index (χ0v) is 16.7. The molecule has 1 N–H and O–H groups in total. The van der Waals surface area contributed by atoms with Gasteiger partial charge in [0.25, 0.3) is 5.91 Å². The number of piperidine rings is 2. The first-order valence-electron chi connectivity index (χ1n) is 9.98. The Bertz CT molecular complexity index is 920. The SMILES string of the molecule is O=C(c1cn[nH]c1[C@@H]1CCCCN1S(=O)(=O)c1ccccc1)N1CCCCC1. The summed E-state index contributed by atoms with van der Waals surface area (Å²) in [6.45, 7) is 1.94. The van der Waals surface area contributed by atoms with Crippen LogP contribution >= 0.6 is 0 Å². The molecule has 0 spiro atoms. The number of sulfonamides is 1. The molecule has 2 aliphatic heterocycles. The second-order valence-electron chi connectivity index (χ2n) is 7.49. The first-order chi connectivity index (χ1) is 13.6. The van der Waals surface area contributed by atoms with Crippen LogP contribution in [0.25, 0.3) is 0 Å². The number of H-pyrrole nitrogens is 1. The topological polar surface area (TPSA) is 86.4 Å². The van der Waals surface area contributed by atoms with Gasteiger partial charge in [0.2, 0.25) is 10.0 Å². The minimum atomic E-state index is -3.64. The van der Waals surface area contributed by atoms with Gasteiger partial charge in [-0.1, -0.05) is 24.6 Å². The van der Waals surface area contributed by atoms with Gasteiger partial charge in [0.05, 0.1) is 28.4 Å². The number of hydrogen-bond donors (Lipinski definition) is 1. The average Bonchev–Trinajstić information content (AvgIpc) is 3.24. The van der Waals surface area contributed by atoms with E-state index in [4.69, 9.17) is 0 Å². The van der Waals surface area contributed by atoms with Gasteiger partial charge in [-0.25, -0.2) is 8.42 Å². The maximum atomic E-state index is 13.3. The van der Waals surface area contributed by atoms with Crippen molar-refractivity contribution in [1.82, 2.24) is 19.4 Å². The van der Waals surface area contributed by atoms with E-state index in [2.05, 4.69) is 10.2 Å². The summed E-state index contributed by atoms with van der Waals surface area (Å²) in [6, 6.07) is 8.10. The molecule has 1 aromatic carbocycles. The molecule has 2 fully saturated rings. The van der Waals surface area contributed by atoms with Crippen molar-refractivity contribution in [2.24, 2.45) is 0 Å². The number of nitrogens with one attached hydrogen (secondary N) is 1. The first kappa shape index (κ1) is 19.1. The van der Waals surface area contributed by atoms with Gasteiger partial charge in [0, 0.05) is 19.6 Å². The van der Waals surface area contributed by atoms with E-state index in [1.54, 1.807) is 36.5 Å². The summed E-state index contributed by atoms with van der Waals surface area (Å²) in [7, 11) is -3.64. The smallest absolute Gasteiger partial charge is 0.257 e. The van der Waals surface area contributed by atoms with Crippen molar-refractivity contribution in [2.75, 3.05) is 19.6 Å². The van der Waals surface area contributed by atoms with E-state index in [0.29, 0.717) is 24.2 Å². The second kappa shape index (κ2) is 8.05. The molecule has 1 atom stereocenters. The molecule has 0 radical (unpaired) electrons. The summed E-state index contributed by atoms with van der Waals surface area (Å²) in [4.78, 5) is 15.2. The molecule has 2 aliphatic rings. The Labute approximate surface area is 165 Å². The van der Waals surface area contributed by atoms with Gasteiger partial charge in [-0.2, -0.15) is 9.40 Å². The van der Waals surface area contributed by atoms with E-state index in [0.717, 1.165) is 45.2 Å². The summed E-state index contributed by atoms with van der Waals surface area (Å²) in [6.07, 6.45) is 7.12. The number of rotatable bonds is 4. The predicted molar refractivity (Wildman–Crippen MR) is 105 cm³/mol. The summed E-state index contributed by atoms with van der Waals surface area (Å²) in [5.41, 5.74) is 1.12. The van der Waals surface area contributed by atoms with Gasteiger partial charge in [0.1, 0.15) is 0 Å². The standard InChI is InChI=1S/C20H26N4O3S/c25-20(23-12-6-2-7-13-23)17-15-21-22-19(17)18-11-5-8-14-24(18)28(26,27)16-9-3-1-4-10-16/h1,3-4,9-10,15,18H,2,5-8,11-14H2,(H,21,22)/t18-/m0/s1.